The average molecular weight is 198 g/mol. The monoisotopic (exact) mass is 198 g/mol. The van der Waals surface area contributed by atoms with Crippen molar-refractivity contribution in [1.29, 1.82) is 0 Å². The molecule has 0 bridgehead atoms. The Morgan fingerprint density at radius 3 is 2.00 bits per heavy atom. The Balaban J connectivity index is 2.31. The maximum Gasteiger partial charge on any atom is 0.0941 e. The molecule has 2 aromatic heterocycles. The lowest BCUT2D eigenvalue weighted by Crippen LogP contribution is -2.27. The molecule has 15 heavy (non-hydrogen) atoms. The summed E-state index contributed by atoms with van der Waals surface area (Å²) in [6.45, 7) is 0. The molecule has 0 fully saturated rings. The highest BCUT2D eigenvalue weighted by Crippen LogP contribution is 2.39. The van der Waals surface area contributed by atoms with Gasteiger partial charge in [-0.25, -0.2) is 5.43 Å². The molecule has 3 N–H and O–H groups in total. The van der Waals surface area contributed by atoms with E-state index in [9.17, 15) is 0 Å². The number of hydrogen-bond donors (Lipinski definition) is 2. The highest BCUT2D eigenvalue weighted by Gasteiger charge is 2.29. The van der Waals surface area contributed by atoms with Crippen molar-refractivity contribution < 1.29 is 0 Å². The van der Waals surface area contributed by atoms with E-state index in [4.69, 9.17) is 5.84 Å². The van der Waals surface area contributed by atoms with Gasteiger partial charge in [-0.1, -0.05) is 12.1 Å². The molecule has 74 valence electrons. The molecule has 0 atom stereocenters. The van der Waals surface area contributed by atoms with Gasteiger partial charge in [0.15, 0.2) is 0 Å². The Bertz CT molecular complexity index is 464. The van der Waals surface area contributed by atoms with Crippen LogP contribution in [0.25, 0.3) is 11.4 Å². The second kappa shape index (κ2) is 3.12. The Morgan fingerprint density at radius 2 is 1.53 bits per heavy atom. The van der Waals surface area contributed by atoms with Crippen LogP contribution in [0.5, 0.6) is 0 Å². The van der Waals surface area contributed by atoms with Crippen LogP contribution in [0.2, 0.25) is 0 Å². The van der Waals surface area contributed by atoms with Gasteiger partial charge in [0, 0.05) is 23.5 Å². The zero-order valence-electron chi connectivity index (χ0n) is 8.01. The Labute approximate surface area is 87.1 Å². The Morgan fingerprint density at radius 1 is 1.00 bits per heavy atom. The summed E-state index contributed by atoms with van der Waals surface area (Å²) in [5.74, 6) is 5.56. The van der Waals surface area contributed by atoms with Crippen molar-refractivity contribution in [3.8, 4) is 11.4 Å². The molecule has 2 heterocycles. The molecule has 0 spiro atoms. The molecule has 4 nitrogen and oxygen atoms in total. The molecule has 1 aliphatic rings. The van der Waals surface area contributed by atoms with Crippen LogP contribution in [0.1, 0.15) is 17.2 Å². The minimum atomic E-state index is 0.0115. The quantitative estimate of drug-likeness (QED) is 0.530. The molecule has 0 aliphatic heterocycles. The van der Waals surface area contributed by atoms with Crippen molar-refractivity contribution in [2.45, 2.75) is 6.04 Å². The Hall–Kier alpha value is -1.78. The van der Waals surface area contributed by atoms with E-state index in [1.807, 2.05) is 24.3 Å². The van der Waals surface area contributed by atoms with Crippen LogP contribution in [-0.2, 0) is 0 Å². The molecule has 0 saturated carbocycles. The van der Waals surface area contributed by atoms with E-state index >= 15 is 0 Å². The number of fused-ring (bicyclic) bond motifs is 3. The maximum absolute atomic E-state index is 5.56. The smallest absolute Gasteiger partial charge is 0.0941 e. The number of nitrogens with two attached hydrogens (primary N) is 1. The first kappa shape index (κ1) is 8.52. The summed E-state index contributed by atoms with van der Waals surface area (Å²) in [7, 11) is 0. The minimum Gasteiger partial charge on any atom is -0.271 e. The predicted octanol–water partition coefficient (Wildman–Crippen LogP) is 1.01. The second-order valence-corrected chi connectivity index (χ2v) is 3.48. The largest absolute Gasteiger partial charge is 0.271 e. The van der Waals surface area contributed by atoms with Crippen LogP contribution >= 0.6 is 0 Å². The molecule has 4 heteroatoms. The van der Waals surface area contributed by atoms with Crippen molar-refractivity contribution >= 4 is 0 Å². The van der Waals surface area contributed by atoms with Crippen LogP contribution in [0.3, 0.4) is 0 Å². The fourth-order valence-corrected chi connectivity index (χ4v) is 2.04. The predicted molar refractivity (Wildman–Crippen MR) is 56.6 cm³/mol. The fraction of sp³-hybridized carbons (Fsp3) is 0.0909. The number of hydrogen-bond acceptors (Lipinski definition) is 4. The molecule has 2 aromatic rings. The third-order valence-electron chi connectivity index (χ3n) is 2.69. The lowest BCUT2D eigenvalue weighted by Gasteiger charge is -2.10. The van der Waals surface area contributed by atoms with Crippen LogP contribution < -0.4 is 11.3 Å². The van der Waals surface area contributed by atoms with Crippen molar-refractivity contribution in [3.05, 3.63) is 47.8 Å². The van der Waals surface area contributed by atoms with Gasteiger partial charge >= 0.3 is 0 Å². The van der Waals surface area contributed by atoms with Gasteiger partial charge in [-0.15, -0.1) is 0 Å². The van der Waals surface area contributed by atoms with Crippen LogP contribution in [0.4, 0.5) is 0 Å². The van der Waals surface area contributed by atoms with Crippen molar-refractivity contribution in [1.82, 2.24) is 15.4 Å². The summed E-state index contributed by atoms with van der Waals surface area (Å²) in [6, 6.07) is 7.88. The van der Waals surface area contributed by atoms with Gasteiger partial charge in [0.1, 0.15) is 0 Å². The van der Waals surface area contributed by atoms with Gasteiger partial charge in [-0.05, 0) is 12.1 Å². The molecule has 0 radical (unpaired) electrons. The van der Waals surface area contributed by atoms with E-state index in [1.54, 1.807) is 12.4 Å². The number of aromatic nitrogens is 2. The average Bonchev–Trinajstić information content (AvgIpc) is 2.63. The first-order chi connectivity index (χ1) is 7.42. The number of pyridine rings is 2. The highest BCUT2D eigenvalue weighted by molar-refractivity contribution is 5.71. The summed E-state index contributed by atoms with van der Waals surface area (Å²) in [5.41, 5.74) is 6.83. The van der Waals surface area contributed by atoms with E-state index in [1.165, 1.54) is 0 Å². The number of rotatable bonds is 1. The summed E-state index contributed by atoms with van der Waals surface area (Å²) in [4.78, 5) is 8.68. The lowest BCUT2D eigenvalue weighted by molar-refractivity contribution is 0.648. The molecule has 0 aromatic carbocycles. The van der Waals surface area contributed by atoms with Gasteiger partial charge in [0.25, 0.3) is 0 Å². The van der Waals surface area contributed by atoms with Crippen molar-refractivity contribution in [2.24, 2.45) is 5.84 Å². The number of nitrogens with one attached hydrogen (secondary N) is 1. The standard InChI is InChI=1S/C11H10N4/c12-15-9-7-3-1-5-13-10(7)11-8(9)4-2-6-14-11/h1-6,9,15H,12H2. The van der Waals surface area contributed by atoms with Crippen LogP contribution in [0.15, 0.2) is 36.7 Å². The van der Waals surface area contributed by atoms with Gasteiger partial charge in [-0.3, -0.25) is 15.8 Å². The minimum absolute atomic E-state index is 0.0115. The molecule has 0 amide bonds. The van der Waals surface area contributed by atoms with E-state index in [2.05, 4.69) is 15.4 Å². The molecular weight excluding hydrogens is 188 g/mol. The fourth-order valence-electron chi connectivity index (χ4n) is 2.04. The summed E-state index contributed by atoms with van der Waals surface area (Å²) < 4.78 is 0. The third kappa shape index (κ3) is 1.09. The molecule has 3 rings (SSSR count). The van der Waals surface area contributed by atoms with Crippen LogP contribution in [0, 0.1) is 0 Å². The SMILES string of the molecule is NNC1c2cccnc2-c2ncccc21. The molecule has 0 saturated heterocycles. The summed E-state index contributed by atoms with van der Waals surface area (Å²) >= 11 is 0. The van der Waals surface area contributed by atoms with E-state index in [0.29, 0.717) is 0 Å². The third-order valence-corrected chi connectivity index (χ3v) is 2.69. The van der Waals surface area contributed by atoms with Gasteiger partial charge in [0.2, 0.25) is 0 Å². The zero-order valence-corrected chi connectivity index (χ0v) is 8.01. The topological polar surface area (TPSA) is 63.8 Å². The van der Waals surface area contributed by atoms with Crippen molar-refractivity contribution in [2.75, 3.05) is 0 Å². The highest BCUT2D eigenvalue weighted by atomic mass is 15.2. The summed E-state index contributed by atoms with van der Waals surface area (Å²) in [6.07, 6.45) is 3.55. The number of nitrogens with zero attached hydrogens (tertiary/aromatic N) is 2. The molecule has 0 unspecified atom stereocenters. The van der Waals surface area contributed by atoms with E-state index in [0.717, 1.165) is 22.5 Å². The van der Waals surface area contributed by atoms with Gasteiger partial charge < -0.3 is 0 Å². The normalized spacial score (nSPS) is 13.7. The zero-order chi connectivity index (χ0) is 10.3. The summed E-state index contributed by atoms with van der Waals surface area (Å²) in [5, 5.41) is 0. The Kier molecular flexibility index (Phi) is 1.77. The first-order valence-electron chi connectivity index (χ1n) is 4.78. The maximum atomic E-state index is 5.56. The molecule has 1 aliphatic carbocycles. The van der Waals surface area contributed by atoms with E-state index in [-0.39, 0.29) is 6.04 Å². The van der Waals surface area contributed by atoms with Crippen LogP contribution in [-0.4, -0.2) is 9.97 Å². The van der Waals surface area contributed by atoms with Crippen molar-refractivity contribution in [3.63, 3.8) is 0 Å². The van der Waals surface area contributed by atoms with E-state index < -0.39 is 0 Å². The second-order valence-electron chi connectivity index (χ2n) is 3.48. The first-order valence-corrected chi connectivity index (χ1v) is 4.78. The lowest BCUT2D eigenvalue weighted by atomic mass is 10.1. The number of hydrazine groups is 1. The molecular formula is C11H10N4. The van der Waals surface area contributed by atoms with Gasteiger partial charge in [-0.2, -0.15) is 0 Å². The van der Waals surface area contributed by atoms with Gasteiger partial charge in [0.05, 0.1) is 17.4 Å².